The molecular formula is C14H15N3O2S2. The minimum Gasteiger partial charge on any atom is -0.493 e. The van der Waals surface area contributed by atoms with Crippen LogP contribution in [0.1, 0.15) is 10.7 Å². The van der Waals surface area contributed by atoms with Crippen LogP contribution in [-0.2, 0) is 6.54 Å². The number of thiazole rings is 1. The van der Waals surface area contributed by atoms with Gasteiger partial charge < -0.3 is 19.0 Å². The van der Waals surface area contributed by atoms with Crippen molar-refractivity contribution in [3.05, 3.63) is 33.0 Å². The molecule has 2 aromatic heterocycles. The molecule has 7 heteroatoms. The summed E-state index contributed by atoms with van der Waals surface area (Å²) in [4.78, 5) is 7.69. The van der Waals surface area contributed by atoms with Gasteiger partial charge in [-0.3, -0.25) is 0 Å². The predicted molar refractivity (Wildman–Crippen MR) is 86.2 cm³/mol. The Balaban J connectivity index is 2.13. The van der Waals surface area contributed by atoms with E-state index in [1.165, 1.54) is 0 Å². The molecular weight excluding hydrogens is 306 g/mol. The van der Waals surface area contributed by atoms with E-state index < -0.39 is 0 Å². The average molecular weight is 321 g/mol. The van der Waals surface area contributed by atoms with Crippen molar-refractivity contribution in [3.63, 3.8) is 0 Å². The zero-order valence-corrected chi connectivity index (χ0v) is 13.6. The highest BCUT2D eigenvalue weighted by molar-refractivity contribution is 7.71. The Morgan fingerprint density at radius 3 is 2.62 bits per heavy atom. The molecule has 0 spiro atoms. The number of methoxy groups -OCH3 is 2. The molecule has 3 rings (SSSR count). The fourth-order valence-corrected chi connectivity index (χ4v) is 3.16. The standard InChI is InChI=1S/C14H15N3O2S2/c1-8-15-9(7-21-8)6-17-11-5-13(19-3)12(18-2)4-10(11)16-14(17)20/h4-5,7H,6H2,1-3H3,(H,16,20). The van der Waals surface area contributed by atoms with Gasteiger partial charge in [0, 0.05) is 17.5 Å². The molecule has 1 aromatic carbocycles. The Morgan fingerprint density at radius 2 is 2.00 bits per heavy atom. The molecule has 0 radical (unpaired) electrons. The highest BCUT2D eigenvalue weighted by Gasteiger charge is 2.12. The third-order valence-electron chi connectivity index (χ3n) is 3.27. The van der Waals surface area contributed by atoms with Gasteiger partial charge in [-0.1, -0.05) is 0 Å². The molecule has 0 bridgehead atoms. The lowest BCUT2D eigenvalue weighted by molar-refractivity contribution is 0.355. The molecule has 0 aliphatic rings. The topological polar surface area (TPSA) is 52.1 Å². The summed E-state index contributed by atoms with van der Waals surface area (Å²) in [7, 11) is 3.24. The molecule has 21 heavy (non-hydrogen) atoms. The van der Waals surface area contributed by atoms with E-state index in [1.807, 2.05) is 23.6 Å². The maximum absolute atomic E-state index is 5.42. The molecule has 0 atom stereocenters. The molecule has 0 amide bonds. The van der Waals surface area contributed by atoms with Gasteiger partial charge in [0.1, 0.15) is 0 Å². The zero-order chi connectivity index (χ0) is 15.0. The largest absolute Gasteiger partial charge is 0.493 e. The van der Waals surface area contributed by atoms with Gasteiger partial charge in [0.15, 0.2) is 16.3 Å². The number of ether oxygens (including phenoxy) is 2. The fourth-order valence-electron chi connectivity index (χ4n) is 2.28. The van der Waals surface area contributed by atoms with Crippen LogP contribution in [0.2, 0.25) is 0 Å². The summed E-state index contributed by atoms with van der Waals surface area (Å²) in [5.74, 6) is 1.36. The molecule has 0 aliphatic carbocycles. The van der Waals surface area contributed by atoms with Gasteiger partial charge in [-0.05, 0) is 19.1 Å². The minimum atomic E-state index is 0.638. The summed E-state index contributed by atoms with van der Waals surface area (Å²) in [6.07, 6.45) is 0. The van der Waals surface area contributed by atoms with Crippen LogP contribution in [0.3, 0.4) is 0 Å². The molecule has 0 unspecified atom stereocenters. The Morgan fingerprint density at radius 1 is 1.29 bits per heavy atom. The number of aryl methyl sites for hydroxylation is 1. The van der Waals surface area contributed by atoms with Gasteiger partial charge in [-0.15, -0.1) is 11.3 Å². The van der Waals surface area contributed by atoms with Gasteiger partial charge >= 0.3 is 0 Å². The van der Waals surface area contributed by atoms with Crippen molar-refractivity contribution in [1.29, 1.82) is 0 Å². The van der Waals surface area contributed by atoms with Crippen LogP contribution in [0.4, 0.5) is 0 Å². The fraction of sp³-hybridized carbons (Fsp3) is 0.286. The van der Waals surface area contributed by atoms with Crippen molar-refractivity contribution >= 4 is 34.6 Å². The summed E-state index contributed by atoms with van der Waals surface area (Å²) in [5.41, 5.74) is 2.90. The van der Waals surface area contributed by atoms with Crippen molar-refractivity contribution in [1.82, 2.24) is 14.5 Å². The number of aromatic amines is 1. The van der Waals surface area contributed by atoms with E-state index in [2.05, 4.69) is 15.3 Å². The van der Waals surface area contributed by atoms with Gasteiger partial charge in [-0.25, -0.2) is 4.98 Å². The molecule has 3 aromatic rings. The van der Waals surface area contributed by atoms with Crippen LogP contribution in [0.15, 0.2) is 17.5 Å². The number of benzene rings is 1. The third-order valence-corrected chi connectivity index (χ3v) is 4.41. The number of hydrogen-bond acceptors (Lipinski definition) is 5. The van der Waals surface area contributed by atoms with Crippen molar-refractivity contribution in [2.45, 2.75) is 13.5 Å². The second-order valence-corrected chi connectivity index (χ2v) is 6.05. The first-order chi connectivity index (χ1) is 10.1. The lowest BCUT2D eigenvalue weighted by Crippen LogP contribution is -2.00. The van der Waals surface area contributed by atoms with E-state index >= 15 is 0 Å². The summed E-state index contributed by atoms with van der Waals surface area (Å²) < 4.78 is 13.4. The van der Waals surface area contributed by atoms with Gasteiger partial charge in [0.05, 0.1) is 42.5 Å². The first-order valence-electron chi connectivity index (χ1n) is 6.38. The average Bonchev–Trinajstić information content (AvgIpc) is 3.02. The van der Waals surface area contributed by atoms with Crippen LogP contribution in [0, 0.1) is 11.7 Å². The van der Waals surface area contributed by atoms with Crippen LogP contribution in [0.5, 0.6) is 11.5 Å². The number of aromatic nitrogens is 3. The highest BCUT2D eigenvalue weighted by Crippen LogP contribution is 2.32. The van der Waals surface area contributed by atoms with Crippen LogP contribution < -0.4 is 9.47 Å². The first kappa shape index (κ1) is 14.1. The lowest BCUT2D eigenvalue weighted by atomic mass is 10.2. The third kappa shape index (κ3) is 2.54. The maximum atomic E-state index is 5.42. The van der Waals surface area contributed by atoms with Gasteiger partial charge in [-0.2, -0.15) is 0 Å². The van der Waals surface area contributed by atoms with E-state index in [0.29, 0.717) is 22.8 Å². The second-order valence-electron chi connectivity index (χ2n) is 4.60. The Kier molecular flexibility index (Phi) is 3.69. The van der Waals surface area contributed by atoms with Crippen molar-refractivity contribution < 1.29 is 9.47 Å². The number of imidazole rings is 1. The normalized spacial score (nSPS) is 11.0. The number of H-pyrrole nitrogens is 1. The molecule has 1 N–H and O–H groups in total. The molecule has 110 valence electrons. The number of fused-ring (bicyclic) bond motifs is 1. The predicted octanol–water partition coefficient (Wildman–Crippen LogP) is 3.53. The SMILES string of the molecule is COc1cc2[nH]c(=S)n(Cc3csc(C)n3)c2cc1OC. The van der Waals surface area contributed by atoms with Crippen LogP contribution in [-0.4, -0.2) is 28.8 Å². The first-order valence-corrected chi connectivity index (χ1v) is 7.66. The van der Waals surface area contributed by atoms with E-state index in [0.717, 1.165) is 21.7 Å². The summed E-state index contributed by atoms with van der Waals surface area (Å²) in [6, 6.07) is 3.83. The van der Waals surface area contributed by atoms with Crippen LogP contribution in [0.25, 0.3) is 11.0 Å². The highest BCUT2D eigenvalue weighted by atomic mass is 32.1. The molecule has 0 aliphatic heterocycles. The minimum absolute atomic E-state index is 0.638. The second kappa shape index (κ2) is 5.50. The molecule has 0 saturated heterocycles. The van der Waals surface area contributed by atoms with Crippen molar-refractivity contribution in [2.24, 2.45) is 0 Å². The van der Waals surface area contributed by atoms with Crippen molar-refractivity contribution in [2.75, 3.05) is 14.2 Å². The summed E-state index contributed by atoms with van der Waals surface area (Å²) >= 11 is 7.06. The van der Waals surface area contributed by atoms with Gasteiger partial charge in [0.25, 0.3) is 0 Å². The summed E-state index contributed by atoms with van der Waals surface area (Å²) in [6.45, 7) is 2.63. The molecule has 0 saturated carbocycles. The van der Waals surface area contributed by atoms with Crippen LogP contribution >= 0.6 is 23.6 Å². The summed E-state index contributed by atoms with van der Waals surface area (Å²) in [5, 5.41) is 3.10. The Bertz CT molecular complexity index is 848. The zero-order valence-electron chi connectivity index (χ0n) is 12.0. The Labute approximate surface area is 131 Å². The number of nitrogens with one attached hydrogen (secondary N) is 1. The van der Waals surface area contributed by atoms with E-state index in [-0.39, 0.29) is 0 Å². The smallest absolute Gasteiger partial charge is 0.178 e. The molecule has 0 fully saturated rings. The van der Waals surface area contributed by atoms with Gasteiger partial charge in [0.2, 0.25) is 0 Å². The lowest BCUT2D eigenvalue weighted by Gasteiger charge is -2.08. The Hall–Kier alpha value is -1.86. The maximum Gasteiger partial charge on any atom is 0.178 e. The van der Waals surface area contributed by atoms with Crippen molar-refractivity contribution in [3.8, 4) is 11.5 Å². The van der Waals surface area contributed by atoms with E-state index in [4.69, 9.17) is 21.7 Å². The molecule has 2 heterocycles. The van der Waals surface area contributed by atoms with E-state index in [9.17, 15) is 0 Å². The quantitative estimate of drug-likeness (QED) is 0.747. The number of rotatable bonds is 4. The number of hydrogen-bond donors (Lipinski definition) is 1. The van der Waals surface area contributed by atoms with E-state index in [1.54, 1.807) is 25.6 Å². The number of nitrogens with zero attached hydrogens (tertiary/aromatic N) is 2. The molecule has 5 nitrogen and oxygen atoms in total. The monoisotopic (exact) mass is 321 g/mol.